The van der Waals surface area contributed by atoms with Gasteiger partial charge < -0.3 is 9.64 Å². The van der Waals surface area contributed by atoms with Gasteiger partial charge in [0.15, 0.2) is 11.5 Å². The molecule has 5 nitrogen and oxygen atoms in total. The van der Waals surface area contributed by atoms with Gasteiger partial charge >= 0.3 is 0 Å². The van der Waals surface area contributed by atoms with Crippen LogP contribution in [0.3, 0.4) is 0 Å². The van der Waals surface area contributed by atoms with Crippen LogP contribution in [-0.4, -0.2) is 40.5 Å². The number of carbonyl (C=O) groups is 1. The van der Waals surface area contributed by atoms with Gasteiger partial charge in [0.1, 0.15) is 11.9 Å². The number of likely N-dealkylation sites (N-methyl/N-ethyl adjacent to an activating group) is 1. The van der Waals surface area contributed by atoms with E-state index in [2.05, 4.69) is 9.97 Å². The topological polar surface area (TPSA) is 55.3 Å². The molecule has 1 aliphatic rings. The van der Waals surface area contributed by atoms with E-state index < -0.39 is 23.2 Å². The Balaban J connectivity index is 1.84. The third-order valence-corrected chi connectivity index (χ3v) is 3.90. The number of ether oxygens (including phenoxy) is 1. The van der Waals surface area contributed by atoms with Crippen molar-refractivity contribution in [3.63, 3.8) is 0 Å². The van der Waals surface area contributed by atoms with Gasteiger partial charge in [-0.15, -0.1) is 0 Å². The summed E-state index contributed by atoms with van der Waals surface area (Å²) in [6, 6.07) is 4.04. The van der Waals surface area contributed by atoms with Crippen molar-refractivity contribution in [3.05, 3.63) is 59.7 Å². The zero-order valence-electron chi connectivity index (χ0n) is 12.4. The van der Waals surface area contributed by atoms with Gasteiger partial charge in [-0.3, -0.25) is 9.78 Å². The highest BCUT2D eigenvalue weighted by atomic mass is 19.1. The third kappa shape index (κ3) is 3.05. The van der Waals surface area contributed by atoms with Crippen molar-refractivity contribution in [2.75, 3.05) is 13.7 Å². The second-order valence-electron chi connectivity index (χ2n) is 5.33. The van der Waals surface area contributed by atoms with E-state index >= 15 is 0 Å². The smallest absolute Gasteiger partial charge is 0.275 e. The molecule has 1 fully saturated rings. The fraction of sp³-hybridized carbons (Fsp3) is 0.312. The minimum Gasteiger partial charge on any atom is -0.371 e. The molecule has 0 N–H and O–H groups in total. The van der Waals surface area contributed by atoms with Gasteiger partial charge in [0.25, 0.3) is 5.91 Å². The van der Waals surface area contributed by atoms with Crippen LogP contribution in [0.4, 0.5) is 8.78 Å². The Labute approximate surface area is 131 Å². The Morgan fingerprint density at radius 3 is 2.91 bits per heavy atom. The molecule has 120 valence electrons. The van der Waals surface area contributed by atoms with Crippen LogP contribution < -0.4 is 0 Å². The van der Waals surface area contributed by atoms with Crippen molar-refractivity contribution < 1.29 is 18.3 Å². The molecule has 23 heavy (non-hydrogen) atoms. The molecule has 2 aromatic heterocycles. The molecule has 3 heterocycles. The number of amides is 1. The van der Waals surface area contributed by atoms with Crippen molar-refractivity contribution in [2.24, 2.45) is 0 Å². The standard InChI is InChI=1S/C16H15F2N3O2/c1-21(16(22)14-12(18)7-11(17)9-20-14)13-4-6-23-15(13)10-3-2-5-19-8-10/h2-3,5,7-9,13,15H,4,6H2,1H3/t13-,15+/m0/s1. The monoisotopic (exact) mass is 319 g/mol. The summed E-state index contributed by atoms with van der Waals surface area (Å²) in [5.41, 5.74) is 0.452. The molecule has 0 bridgehead atoms. The van der Waals surface area contributed by atoms with Crippen molar-refractivity contribution in [3.8, 4) is 0 Å². The van der Waals surface area contributed by atoms with Gasteiger partial charge in [-0.2, -0.15) is 0 Å². The molecule has 0 aliphatic carbocycles. The average Bonchev–Trinajstić information content (AvgIpc) is 3.04. The van der Waals surface area contributed by atoms with Gasteiger partial charge in [-0.25, -0.2) is 13.8 Å². The number of hydrogen-bond donors (Lipinski definition) is 0. The minimum absolute atomic E-state index is 0.266. The zero-order valence-corrected chi connectivity index (χ0v) is 12.4. The van der Waals surface area contributed by atoms with E-state index in [0.717, 1.165) is 11.8 Å². The fourth-order valence-electron chi connectivity index (χ4n) is 2.73. The molecule has 0 spiro atoms. The molecule has 1 saturated heterocycles. The van der Waals surface area contributed by atoms with E-state index in [1.807, 2.05) is 6.07 Å². The molecule has 3 rings (SSSR count). The second-order valence-corrected chi connectivity index (χ2v) is 5.33. The van der Waals surface area contributed by atoms with Crippen LogP contribution in [0.5, 0.6) is 0 Å². The van der Waals surface area contributed by atoms with E-state index in [0.29, 0.717) is 19.1 Å². The normalized spacial score (nSPS) is 20.5. The number of carbonyl (C=O) groups excluding carboxylic acids is 1. The highest BCUT2D eigenvalue weighted by Gasteiger charge is 2.36. The summed E-state index contributed by atoms with van der Waals surface area (Å²) in [6.07, 6.45) is 4.44. The summed E-state index contributed by atoms with van der Waals surface area (Å²) < 4.78 is 32.4. The minimum atomic E-state index is -0.973. The van der Waals surface area contributed by atoms with E-state index in [-0.39, 0.29) is 12.1 Å². The average molecular weight is 319 g/mol. The molecule has 0 radical (unpaired) electrons. The summed E-state index contributed by atoms with van der Waals surface area (Å²) in [5.74, 6) is -2.40. The summed E-state index contributed by atoms with van der Waals surface area (Å²) in [7, 11) is 1.57. The number of rotatable bonds is 3. The fourth-order valence-corrected chi connectivity index (χ4v) is 2.73. The predicted octanol–water partition coefficient (Wildman–Crippen LogP) is 2.36. The maximum atomic E-state index is 13.8. The lowest BCUT2D eigenvalue weighted by Gasteiger charge is -2.28. The van der Waals surface area contributed by atoms with Crippen molar-refractivity contribution in [2.45, 2.75) is 18.6 Å². The molecule has 1 aliphatic heterocycles. The van der Waals surface area contributed by atoms with Crippen LogP contribution in [0.15, 0.2) is 36.8 Å². The maximum Gasteiger partial charge on any atom is 0.275 e. The number of halogens is 2. The first kappa shape index (κ1) is 15.5. The molecule has 7 heteroatoms. The van der Waals surface area contributed by atoms with Gasteiger partial charge in [0.05, 0.1) is 12.2 Å². The van der Waals surface area contributed by atoms with Gasteiger partial charge in [0.2, 0.25) is 0 Å². The van der Waals surface area contributed by atoms with Crippen LogP contribution in [-0.2, 0) is 4.74 Å². The van der Waals surface area contributed by atoms with Crippen molar-refractivity contribution in [1.29, 1.82) is 0 Å². The first-order valence-corrected chi connectivity index (χ1v) is 7.17. The van der Waals surface area contributed by atoms with Crippen molar-refractivity contribution in [1.82, 2.24) is 14.9 Å². The largest absolute Gasteiger partial charge is 0.371 e. The van der Waals surface area contributed by atoms with E-state index in [1.54, 1.807) is 25.5 Å². The second kappa shape index (κ2) is 6.37. The van der Waals surface area contributed by atoms with Crippen LogP contribution in [0.2, 0.25) is 0 Å². The summed E-state index contributed by atoms with van der Waals surface area (Å²) >= 11 is 0. The Morgan fingerprint density at radius 1 is 1.39 bits per heavy atom. The summed E-state index contributed by atoms with van der Waals surface area (Å²) in [4.78, 5) is 21.5. The summed E-state index contributed by atoms with van der Waals surface area (Å²) in [6.45, 7) is 0.487. The molecule has 2 aromatic rings. The van der Waals surface area contributed by atoms with E-state index in [1.165, 1.54) is 4.90 Å². The zero-order chi connectivity index (χ0) is 16.4. The van der Waals surface area contributed by atoms with Crippen LogP contribution in [0, 0.1) is 11.6 Å². The number of hydrogen-bond acceptors (Lipinski definition) is 4. The van der Waals surface area contributed by atoms with Gasteiger partial charge in [-0.05, 0) is 12.5 Å². The molecule has 0 aromatic carbocycles. The Bertz CT molecular complexity index is 712. The molecular weight excluding hydrogens is 304 g/mol. The Morgan fingerprint density at radius 2 is 2.22 bits per heavy atom. The molecular formula is C16H15F2N3O2. The highest BCUT2D eigenvalue weighted by Crippen LogP contribution is 2.32. The van der Waals surface area contributed by atoms with Crippen molar-refractivity contribution >= 4 is 5.91 Å². The first-order chi connectivity index (χ1) is 11.1. The lowest BCUT2D eigenvalue weighted by molar-refractivity contribution is 0.0507. The molecule has 0 unspecified atom stereocenters. The lowest BCUT2D eigenvalue weighted by Crippen LogP contribution is -2.39. The van der Waals surface area contributed by atoms with Crippen LogP contribution in [0.25, 0.3) is 0 Å². The number of pyridine rings is 2. The van der Waals surface area contributed by atoms with Gasteiger partial charge in [-0.1, -0.05) is 6.07 Å². The summed E-state index contributed by atoms with van der Waals surface area (Å²) in [5, 5.41) is 0. The van der Waals surface area contributed by atoms with Crippen LogP contribution in [0.1, 0.15) is 28.6 Å². The quantitative estimate of drug-likeness (QED) is 0.871. The lowest BCUT2D eigenvalue weighted by atomic mass is 10.0. The first-order valence-electron chi connectivity index (χ1n) is 7.17. The Hall–Kier alpha value is -2.41. The Kier molecular flexibility index (Phi) is 4.29. The number of nitrogens with zero attached hydrogens (tertiary/aromatic N) is 3. The highest BCUT2D eigenvalue weighted by molar-refractivity contribution is 5.92. The molecule has 1 amide bonds. The van der Waals surface area contributed by atoms with Crippen LogP contribution >= 0.6 is 0 Å². The number of aromatic nitrogens is 2. The molecule has 0 saturated carbocycles. The molecule has 2 atom stereocenters. The maximum absolute atomic E-state index is 13.8. The van der Waals surface area contributed by atoms with Gasteiger partial charge in [0, 0.05) is 37.7 Å². The van der Waals surface area contributed by atoms with E-state index in [4.69, 9.17) is 4.74 Å². The predicted molar refractivity (Wildman–Crippen MR) is 77.6 cm³/mol. The van der Waals surface area contributed by atoms with E-state index in [9.17, 15) is 13.6 Å². The third-order valence-electron chi connectivity index (χ3n) is 3.90. The SMILES string of the molecule is CN(C(=O)c1ncc(F)cc1F)[C@H]1CCO[C@@H]1c1cccnc1.